The zero-order valence-corrected chi connectivity index (χ0v) is 51.0. The van der Waals surface area contributed by atoms with Crippen molar-refractivity contribution in [2.45, 2.75) is 103 Å². The minimum atomic E-state index is -1.24. The molecule has 0 aliphatic carbocycles. The van der Waals surface area contributed by atoms with Gasteiger partial charge in [-0.2, -0.15) is 0 Å². The zero-order valence-electron chi connectivity index (χ0n) is 49.4. The first-order chi connectivity index (χ1) is 43.3. The van der Waals surface area contributed by atoms with Gasteiger partial charge in [-0.25, -0.2) is 19.9 Å². The highest BCUT2D eigenvalue weighted by Gasteiger charge is 2.24. The van der Waals surface area contributed by atoms with Crippen LogP contribution in [0.2, 0.25) is 0 Å². The van der Waals surface area contributed by atoms with E-state index in [-0.39, 0.29) is 73.3 Å². The number of amides is 14. The minimum Gasteiger partial charge on any atom is -0.480 e. The Morgan fingerprint density at radius 3 is 1.36 bits per heavy atom. The lowest BCUT2D eigenvalue weighted by Gasteiger charge is -2.15. The lowest BCUT2D eigenvalue weighted by molar-refractivity contribution is -0.141. The topological polar surface area (TPSA) is 640 Å². The summed E-state index contributed by atoms with van der Waals surface area (Å²) in [4.78, 5) is 204. The molecule has 4 rings (SSSR count). The number of carboxylic acids is 2. The molecule has 40 nitrogen and oxygen atoms in total. The van der Waals surface area contributed by atoms with Crippen LogP contribution in [0, 0.1) is 0 Å². The number of hydrogen-bond acceptors (Lipinski definition) is 26. The molecule has 0 fully saturated rings. The normalized spacial score (nSPS) is 12.5. The summed E-state index contributed by atoms with van der Waals surface area (Å²) < 4.78 is 10.6. The molecule has 42 heteroatoms. The Bertz CT molecular complexity index is 3130. The SMILES string of the molecule is CC(NC(=O)CNC(=O)CNC(=O)c1coc(-c2csc(CNC(=O)C(C)NC(=O)CNC(=O)C(N)CCC(N)=O)n2)n1)C(=O)O.CC(NC(=O)CNC(=O)CNC(=O)c1csc(-c2coc(CNC(=O)C(C)NC(=O)CNC(=O)C(N)CCC(N)=O)n2)n1)C(=O)O. The fourth-order valence-electron chi connectivity index (χ4n) is 6.47. The van der Waals surface area contributed by atoms with E-state index in [9.17, 15) is 76.7 Å². The van der Waals surface area contributed by atoms with Gasteiger partial charge in [0.2, 0.25) is 82.7 Å². The molecule has 0 saturated carbocycles. The second-order valence-corrected chi connectivity index (χ2v) is 21.0. The third kappa shape index (κ3) is 28.1. The van der Waals surface area contributed by atoms with Crippen LogP contribution in [0.4, 0.5) is 0 Å². The lowest BCUT2D eigenvalue weighted by atomic mass is 10.1. The number of nitrogens with zero attached hydrogens (tertiary/aromatic N) is 4. The van der Waals surface area contributed by atoms with Crippen LogP contribution < -0.4 is 86.7 Å². The summed E-state index contributed by atoms with van der Waals surface area (Å²) in [5.41, 5.74) is 21.6. The Morgan fingerprint density at radius 1 is 0.457 bits per heavy atom. The Balaban J connectivity index is 0.000000480. The van der Waals surface area contributed by atoms with Gasteiger partial charge in [-0.1, -0.05) is 0 Å². The Labute approximate surface area is 527 Å². The Hall–Kier alpha value is -10.9. The molecule has 0 spiro atoms. The number of nitrogens with one attached hydrogen (secondary N) is 12. The zero-order chi connectivity index (χ0) is 68.8. The van der Waals surface area contributed by atoms with Crippen molar-refractivity contribution in [2.75, 3.05) is 39.3 Å². The first-order valence-corrected chi connectivity index (χ1v) is 28.8. The van der Waals surface area contributed by atoms with Crippen molar-refractivity contribution in [3.8, 4) is 22.3 Å². The summed E-state index contributed by atoms with van der Waals surface area (Å²) in [5, 5.41) is 49.3. The van der Waals surface area contributed by atoms with E-state index in [1.165, 1.54) is 39.3 Å². The van der Waals surface area contributed by atoms with Crippen molar-refractivity contribution in [1.82, 2.24) is 83.7 Å². The van der Waals surface area contributed by atoms with Crippen LogP contribution in [0.3, 0.4) is 0 Å². The van der Waals surface area contributed by atoms with Crippen molar-refractivity contribution in [3.05, 3.63) is 45.6 Å². The average molecular weight is 1330 g/mol. The average Bonchev–Trinajstić information content (AvgIpc) is 1.80. The lowest BCUT2D eigenvalue weighted by Crippen LogP contribution is -2.49. The smallest absolute Gasteiger partial charge is 0.325 e. The van der Waals surface area contributed by atoms with E-state index in [4.69, 9.17) is 42.0 Å². The van der Waals surface area contributed by atoms with Crippen LogP contribution in [0.25, 0.3) is 22.3 Å². The predicted molar refractivity (Wildman–Crippen MR) is 314 cm³/mol. The number of aliphatic carboxylic acids is 2. The van der Waals surface area contributed by atoms with Gasteiger partial charge >= 0.3 is 11.9 Å². The van der Waals surface area contributed by atoms with Crippen LogP contribution in [0.1, 0.15) is 85.3 Å². The van der Waals surface area contributed by atoms with E-state index in [1.807, 2.05) is 0 Å². The van der Waals surface area contributed by atoms with Crippen molar-refractivity contribution in [1.29, 1.82) is 0 Å². The molecule has 0 radical (unpaired) electrons. The maximum Gasteiger partial charge on any atom is 0.325 e. The first kappa shape index (κ1) is 75.4. The molecule has 22 N–H and O–H groups in total. The number of hydrogen-bond donors (Lipinski definition) is 18. The number of oxazole rings is 2. The Morgan fingerprint density at radius 2 is 0.891 bits per heavy atom. The number of primary amides is 2. The van der Waals surface area contributed by atoms with E-state index in [2.05, 4.69) is 83.7 Å². The molecule has 92 heavy (non-hydrogen) atoms. The standard InChI is InChI=1S/2C25H34N10O10S/c1-11(32-19(39)7-29-22(41)13(26)3-4-16(27)36)21(40)31-8-20-34-14(9-45-20)24-35-15(10-46-24)23(42)30-5-17(37)28-6-18(38)33-12(2)25(43)44;1-11(32-19(39)7-29-22(41)13(26)3-4-16(27)36)21(40)31-8-20-34-15(10-46-20)24-35-14(9-45-24)23(42)30-5-17(37)28-6-18(38)33-12(2)25(43)44/h2*9-13H,3-8,26H2,1-2H3,(H2,27,36)(H,28,37)(H,29,41)(H,30,42)(H,31,40)(H,32,39)(H,33,38)(H,43,44). The summed E-state index contributed by atoms with van der Waals surface area (Å²) in [5.74, 6) is -11.6. The molecule has 0 aliphatic rings. The highest BCUT2D eigenvalue weighted by Crippen LogP contribution is 2.24. The molecular formula is C50H68N20O20S2. The Kier molecular flexibility index (Phi) is 31.0. The van der Waals surface area contributed by atoms with E-state index < -0.39 is 170 Å². The van der Waals surface area contributed by atoms with Crippen LogP contribution in [0.15, 0.2) is 32.1 Å². The fourth-order valence-corrected chi connectivity index (χ4v) is 7.92. The molecule has 500 valence electrons. The number of aromatic nitrogens is 4. The van der Waals surface area contributed by atoms with Gasteiger partial charge in [-0.15, -0.1) is 22.7 Å². The largest absolute Gasteiger partial charge is 0.480 e. The number of carbonyl (C=O) groups excluding carboxylic acids is 14. The number of nitrogens with two attached hydrogens (primary N) is 4. The van der Waals surface area contributed by atoms with Gasteiger partial charge in [0.25, 0.3) is 11.8 Å². The third-order valence-electron chi connectivity index (χ3n) is 11.5. The fraction of sp³-hybridized carbons (Fsp3) is 0.440. The molecule has 4 aromatic heterocycles. The van der Waals surface area contributed by atoms with Gasteiger partial charge in [0.1, 0.15) is 63.8 Å². The first-order valence-electron chi connectivity index (χ1n) is 27.0. The highest BCUT2D eigenvalue weighted by molar-refractivity contribution is 7.13. The van der Waals surface area contributed by atoms with Crippen LogP contribution >= 0.6 is 22.7 Å². The summed E-state index contributed by atoms with van der Waals surface area (Å²) in [6.07, 6.45) is 2.18. The third-order valence-corrected chi connectivity index (χ3v) is 13.2. The maximum atomic E-state index is 12.4. The van der Waals surface area contributed by atoms with Gasteiger partial charge in [0, 0.05) is 23.6 Å². The van der Waals surface area contributed by atoms with E-state index in [0.29, 0.717) is 10.0 Å². The van der Waals surface area contributed by atoms with Gasteiger partial charge in [-0.05, 0) is 40.5 Å². The number of rotatable bonds is 36. The van der Waals surface area contributed by atoms with Crippen LogP contribution in [-0.4, -0.2) is 200 Å². The molecule has 6 atom stereocenters. The quantitative estimate of drug-likeness (QED) is 0.0201. The minimum absolute atomic E-state index is 0.00836. The van der Waals surface area contributed by atoms with Gasteiger partial charge < -0.3 is 106 Å². The number of carboxylic acid groups (broad SMARTS) is 2. The van der Waals surface area contributed by atoms with E-state index in [1.54, 1.807) is 5.38 Å². The second kappa shape index (κ2) is 37.8. The summed E-state index contributed by atoms with van der Waals surface area (Å²) >= 11 is 2.22. The van der Waals surface area contributed by atoms with Gasteiger partial charge in [-0.3, -0.25) is 76.7 Å². The summed E-state index contributed by atoms with van der Waals surface area (Å²) in [6.45, 7) is 2.40. The second-order valence-electron chi connectivity index (χ2n) is 19.2. The highest BCUT2D eigenvalue weighted by atomic mass is 32.1. The number of thiazole rings is 2. The molecule has 4 heterocycles. The maximum absolute atomic E-state index is 12.4. The van der Waals surface area contributed by atoms with Crippen molar-refractivity contribution < 1.29 is 95.8 Å². The summed E-state index contributed by atoms with van der Waals surface area (Å²) in [7, 11) is 0. The van der Waals surface area contributed by atoms with Crippen molar-refractivity contribution in [2.24, 2.45) is 22.9 Å². The summed E-state index contributed by atoms with van der Waals surface area (Å²) in [6, 6.07) is -6.25. The van der Waals surface area contributed by atoms with Crippen LogP contribution in [-0.2, 0) is 80.2 Å². The molecule has 0 aromatic carbocycles. The molecular weight excluding hydrogens is 1260 g/mol. The van der Waals surface area contributed by atoms with Crippen molar-refractivity contribution in [3.63, 3.8) is 0 Å². The molecule has 0 aliphatic heterocycles. The molecule has 0 bridgehead atoms. The monoisotopic (exact) mass is 1330 g/mol. The van der Waals surface area contributed by atoms with Gasteiger partial charge in [0.05, 0.1) is 64.4 Å². The van der Waals surface area contributed by atoms with Crippen LogP contribution in [0.5, 0.6) is 0 Å². The molecule has 4 aromatic rings. The molecule has 0 saturated heterocycles. The predicted octanol–water partition coefficient (Wildman–Crippen LogP) is -7.87. The molecule has 6 unspecified atom stereocenters. The molecule has 14 amide bonds. The van der Waals surface area contributed by atoms with Crippen molar-refractivity contribution >= 4 is 117 Å². The van der Waals surface area contributed by atoms with E-state index in [0.717, 1.165) is 28.9 Å². The van der Waals surface area contributed by atoms with E-state index >= 15 is 0 Å². The van der Waals surface area contributed by atoms with Gasteiger partial charge in [0.15, 0.2) is 5.69 Å². The number of carbonyl (C=O) groups is 16.